The Labute approximate surface area is 353 Å². The molecule has 322 valence electrons. The minimum atomic E-state index is -1.52. The van der Waals surface area contributed by atoms with Crippen LogP contribution in [0.2, 0.25) is 0 Å². The van der Waals surface area contributed by atoms with E-state index >= 15 is 0 Å². The molecule has 4 aliphatic rings. The van der Waals surface area contributed by atoms with E-state index < -0.39 is 59.6 Å². The van der Waals surface area contributed by atoms with Crippen LogP contribution in [0.1, 0.15) is 84.5 Å². The van der Waals surface area contributed by atoms with Crippen LogP contribution in [-0.2, 0) is 23.9 Å². The van der Waals surface area contributed by atoms with E-state index in [4.69, 9.17) is 19.2 Å². The molecule has 60 heavy (non-hydrogen) atoms. The quantitative estimate of drug-likeness (QED) is 0.129. The van der Waals surface area contributed by atoms with Gasteiger partial charge in [-0.3, -0.25) is 14.9 Å². The fourth-order valence-electron chi connectivity index (χ4n) is 8.69. The zero-order chi connectivity index (χ0) is 42.7. The number of anilines is 2. The number of amides is 4. The average molecular weight is 846 g/mol. The van der Waals surface area contributed by atoms with Gasteiger partial charge in [0.15, 0.2) is 5.13 Å². The van der Waals surface area contributed by atoms with Gasteiger partial charge in [0.1, 0.15) is 41.3 Å². The van der Waals surface area contributed by atoms with Crippen molar-refractivity contribution >= 4 is 63.0 Å². The van der Waals surface area contributed by atoms with Gasteiger partial charge >= 0.3 is 18.2 Å². The summed E-state index contributed by atoms with van der Waals surface area (Å²) in [6.45, 7) is 7.24. The van der Waals surface area contributed by atoms with Crippen molar-refractivity contribution in [3.05, 3.63) is 42.3 Å². The predicted molar refractivity (Wildman–Crippen MR) is 226 cm³/mol. The van der Waals surface area contributed by atoms with Crippen molar-refractivity contribution in [1.29, 1.82) is 0 Å². The van der Waals surface area contributed by atoms with Crippen LogP contribution in [0.25, 0.3) is 22.3 Å². The molecule has 7 rings (SSSR count). The number of nitrogens with zero attached hydrogens (tertiary/aromatic N) is 4. The molecule has 4 amide bonds. The van der Waals surface area contributed by atoms with Gasteiger partial charge in [0, 0.05) is 49.0 Å². The third-order valence-electron chi connectivity index (χ3n) is 12.0. The predicted octanol–water partition coefficient (Wildman–Crippen LogP) is 6.49. The van der Waals surface area contributed by atoms with E-state index in [-0.39, 0.29) is 37.5 Å². The largest absolute Gasteiger partial charge is 0.488 e. The summed E-state index contributed by atoms with van der Waals surface area (Å²) in [6, 6.07) is 5.44. The van der Waals surface area contributed by atoms with Gasteiger partial charge in [-0.1, -0.05) is 25.3 Å². The second-order valence-corrected chi connectivity index (χ2v) is 17.7. The van der Waals surface area contributed by atoms with Gasteiger partial charge in [0.05, 0.1) is 23.9 Å². The van der Waals surface area contributed by atoms with Gasteiger partial charge in [-0.2, -0.15) is 0 Å². The van der Waals surface area contributed by atoms with Crippen molar-refractivity contribution < 1.29 is 43.3 Å². The van der Waals surface area contributed by atoms with E-state index in [1.807, 2.05) is 37.2 Å². The number of nitrogens with one attached hydrogen (secondary N) is 3. The molecule has 1 saturated heterocycles. The first-order chi connectivity index (χ1) is 28.7. The van der Waals surface area contributed by atoms with Gasteiger partial charge in [-0.05, 0) is 82.9 Å². The molecule has 3 aliphatic carbocycles. The van der Waals surface area contributed by atoms with Crippen LogP contribution in [0, 0.1) is 11.8 Å². The highest BCUT2D eigenvalue weighted by Crippen LogP contribution is 2.45. The Bertz CT molecular complexity index is 2110. The first-order valence-electron chi connectivity index (χ1n) is 20.9. The van der Waals surface area contributed by atoms with E-state index in [2.05, 4.69) is 27.5 Å². The standard InChI is InChI=1S/C43H55N7O9S/c1-6-26-21-43(26,39(53)54)48-37(51)34-19-29(22-50(34)38(52)36(25-12-8-7-9-13-25)46-41(55)59-28-14-10-11-15-28)58-35-20-32(44-31-18-27(49(4)5)16-17-30(31)35)33-23-60-40(45-33)47-42(56)57-24(2)3/h6,16-18,20,23-26,28-29,34,36H,1,7-15,19,21-22H2,2-5H3,(H,46,55)(H,48,51)(H,53,54)(H,45,47,56)/t26-,29-,34+,36+,43-/m1/s1. The van der Waals surface area contributed by atoms with Crippen LogP contribution >= 0.6 is 11.3 Å². The summed E-state index contributed by atoms with van der Waals surface area (Å²) in [5.74, 6) is -2.44. The molecule has 3 saturated carbocycles. The van der Waals surface area contributed by atoms with Gasteiger partial charge in [0.25, 0.3) is 0 Å². The van der Waals surface area contributed by atoms with E-state index in [1.165, 1.54) is 22.3 Å². The lowest BCUT2D eigenvalue weighted by molar-refractivity contribution is -0.146. The number of carbonyl (C=O) groups excluding carboxylic acids is 4. The maximum absolute atomic E-state index is 14.9. The number of pyridine rings is 1. The van der Waals surface area contributed by atoms with Crippen LogP contribution < -0.4 is 25.6 Å². The maximum atomic E-state index is 14.9. The summed E-state index contributed by atoms with van der Waals surface area (Å²) in [6.07, 6.45) is 7.00. The highest BCUT2D eigenvalue weighted by molar-refractivity contribution is 7.14. The average Bonchev–Trinajstić information content (AvgIpc) is 3.62. The lowest BCUT2D eigenvalue weighted by Gasteiger charge is -2.34. The SMILES string of the molecule is C=C[C@@H]1C[C@]1(NC(=O)[C@@H]1C[C@@H](Oc2cc(-c3csc(NC(=O)OC(C)C)n3)nc3cc(N(C)C)ccc23)CN1C(=O)[C@@H](NC(=O)OC1CCCC1)C1CCCCC1)C(=O)O. The molecular formula is C43H55N7O9S. The molecule has 4 fully saturated rings. The summed E-state index contributed by atoms with van der Waals surface area (Å²) >= 11 is 1.21. The number of aliphatic carboxylic acids is 1. The second kappa shape index (κ2) is 18.0. The van der Waals surface area contributed by atoms with E-state index in [0.29, 0.717) is 33.2 Å². The molecule has 3 heterocycles. The zero-order valence-electron chi connectivity index (χ0n) is 34.6. The molecule has 0 radical (unpaired) electrons. The van der Waals surface area contributed by atoms with Crippen LogP contribution in [0.4, 0.5) is 20.4 Å². The Morgan fingerprint density at radius 1 is 0.983 bits per heavy atom. The van der Waals surface area contributed by atoms with Gasteiger partial charge in [0.2, 0.25) is 11.8 Å². The molecule has 0 spiro atoms. The number of rotatable bonds is 14. The Morgan fingerprint density at radius 2 is 1.72 bits per heavy atom. The van der Waals surface area contributed by atoms with Gasteiger partial charge in [-0.25, -0.2) is 24.4 Å². The fourth-order valence-corrected chi connectivity index (χ4v) is 9.38. The number of benzene rings is 1. The third kappa shape index (κ3) is 9.45. The number of ether oxygens (including phenoxy) is 3. The maximum Gasteiger partial charge on any atom is 0.413 e. The summed E-state index contributed by atoms with van der Waals surface area (Å²) in [5.41, 5.74) is 0.915. The molecule has 3 aromatic rings. The highest BCUT2D eigenvalue weighted by Gasteiger charge is 2.61. The van der Waals surface area contributed by atoms with E-state index in [1.54, 1.807) is 25.3 Å². The first-order valence-corrected chi connectivity index (χ1v) is 21.8. The van der Waals surface area contributed by atoms with Crippen molar-refractivity contribution in [2.45, 2.75) is 120 Å². The fraction of sp³-hybridized carbons (Fsp3) is 0.558. The molecular weight excluding hydrogens is 791 g/mol. The second-order valence-electron chi connectivity index (χ2n) is 16.8. The van der Waals surface area contributed by atoms with E-state index in [9.17, 15) is 29.1 Å². The molecule has 1 aliphatic heterocycles. The summed E-state index contributed by atoms with van der Waals surface area (Å²) < 4.78 is 17.7. The summed E-state index contributed by atoms with van der Waals surface area (Å²) in [7, 11) is 3.84. The van der Waals surface area contributed by atoms with Crippen molar-refractivity contribution in [2.75, 3.05) is 30.9 Å². The molecule has 5 atom stereocenters. The van der Waals surface area contributed by atoms with Gasteiger partial charge < -0.3 is 39.8 Å². The van der Waals surface area contributed by atoms with Crippen LogP contribution in [-0.4, -0.2) is 107 Å². The van der Waals surface area contributed by atoms with Crippen molar-refractivity contribution in [3.63, 3.8) is 0 Å². The summed E-state index contributed by atoms with van der Waals surface area (Å²) in [4.78, 5) is 80.2. The number of carboxylic acids is 1. The number of thiazole rings is 1. The first kappa shape index (κ1) is 42.7. The van der Waals surface area contributed by atoms with Gasteiger partial charge in [-0.15, -0.1) is 17.9 Å². The number of hydrogen-bond donors (Lipinski definition) is 4. The smallest absolute Gasteiger partial charge is 0.413 e. The van der Waals surface area contributed by atoms with Crippen LogP contribution in [0.3, 0.4) is 0 Å². The number of fused-ring (bicyclic) bond motifs is 1. The molecule has 1 aromatic carbocycles. The van der Waals surface area contributed by atoms with Crippen molar-refractivity contribution in [2.24, 2.45) is 11.8 Å². The number of carboxylic acid groups (broad SMARTS) is 1. The minimum absolute atomic E-state index is 0.0118. The lowest BCUT2D eigenvalue weighted by Crippen LogP contribution is -2.58. The number of carbonyl (C=O) groups is 5. The number of likely N-dealkylation sites (tertiary alicyclic amines) is 1. The minimum Gasteiger partial charge on any atom is -0.488 e. The molecule has 2 aromatic heterocycles. The zero-order valence-corrected chi connectivity index (χ0v) is 35.4. The van der Waals surface area contributed by atoms with Crippen molar-refractivity contribution in [3.8, 4) is 17.1 Å². The normalized spacial score (nSPS) is 23.5. The molecule has 4 N–H and O–H groups in total. The number of alkyl carbamates (subject to hydrolysis) is 1. The Morgan fingerprint density at radius 3 is 2.38 bits per heavy atom. The highest BCUT2D eigenvalue weighted by atomic mass is 32.1. The third-order valence-corrected chi connectivity index (χ3v) is 12.8. The monoisotopic (exact) mass is 845 g/mol. The number of hydrogen-bond acceptors (Lipinski definition) is 12. The Balaban J connectivity index is 1.21. The molecule has 17 heteroatoms. The van der Waals surface area contributed by atoms with Crippen molar-refractivity contribution in [1.82, 2.24) is 25.5 Å². The Hall–Kier alpha value is -5.45. The molecule has 0 unspecified atom stereocenters. The lowest BCUT2D eigenvalue weighted by atomic mass is 9.83. The number of aromatic nitrogens is 2. The molecule has 0 bridgehead atoms. The Kier molecular flexibility index (Phi) is 12.8. The van der Waals surface area contributed by atoms with Crippen LogP contribution in [0.15, 0.2) is 42.3 Å². The van der Waals surface area contributed by atoms with E-state index in [0.717, 1.165) is 63.5 Å². The summed E-state index contributed by atoms with van der Waals surface area (Å²) in [5, 5.41) is 21.3. The van der Waals surface area contributed by atoms with Crippen LogP contribution in [0.5, 0.6) is 5.75 Å². The molecule has 16 nitrogen and oxygen atoms in total. The topological polar surface area (TPSA) is 202 Å².